The molecule has 0 saturated carbocycles. The van der Waals surface area contributed by atoms with E-state index >= 15 is 0 Å². The van der Waals surface area contributed by atoms with Gasteiger partial charge in [0.05, 0.1) is 0 Å². The molecule has 0 fully saturated rings. The minimum atomic E-state index is 0.119. The molecule has 0 aliphatic heterocycles. The Morgan fingerprint density at radius 1 is 0.857 bits per heavy atom. The highest BCUT2D eigenvalue weighted by atomic mass is 16.3. The molecule has 0 atom stereocenters. The fourth-order valence-corrected chi connectivity index (χ4v) is 1.33. The van der Waals surface area contributed by atoms with Crippen LogP contribution in [-0.4, -0.2) is 10.2 Å². The van der Waals surface area contributed by atoms with Crippen molar-refractivity contribution in [1.82, 2.24) is 0 Å². The number of phenols is 2. The first-order chi connectivity index (χ1) is 6.79. The number of hydrogen-bond acceptors (Lipinski definition) is 2. The minimum absolute atomic E-state index is 0.119. The normalized spacial score (nSPS) is 10.0. The number of rotatable bonds is 1. The summed E-state index contributed by atoms with van der Waals surface area (Å²) in [7, 11) is 0. The Labute approximate surface area is 82.1 Å². The summed E-state index contributed by atoms with van der Waals surface area (Å²) in [5.74, 6) is 0.263. The van der Waals surface area contributed by atoms with Crippen LogP contribution in [0, 0.1) is 6.07 Å². The van der Waals surface area contributed by atoms with Gasteiger partial charge in [0, 0.05) is 11.1 Å². The highest BCUT2D eigenvalue weighted by Gasteiger charge is 2.06. The molecule has 2 rings (SSSR count). The fraction of sp³-hybridized carbons (Fsp3) is 0. The van der Waals surface area contributed by atoms with Gasteiger partial charge in [0.1, 0.15) is 11.5 Å². The molecule has 1 radical (unpaired) electrons. The zero-order chi connectivity index (χ0) is 9.97. The Hall–Kier alpha value is -1.96. The molecule has 2 aromatic carbocycles. The summed E-state index contributed by atoms with van der Waals surface area (Å²) in [4.78, 5) is 0. The Kier molecular flexibility index (Phi) is 2.11. The fourth-order valence-electron chi connectivity index (χ4n) is 1.33. The van der Waals surface area contributed by atoms with Gasteiger partial charge in [0.2, 0.25) is 0 Å². The van der Waals surface area contributed by atoms with Crippen molar-refractivity contribution in [3.63, 3.8) is 0 Å². The SMILES string of the molecule is Oc1ccc[c]c1-c1ccccc1O. The first-order valence-corrected chi connectivity index (χ1v) is 4.27. The molecule has 0 heterocycles. The Balaban J connectivity index is 2.61. The van der Waals surface area contributed by atoms with E-state index in [9.17, 15) is 10.2 Å². The molecule has 14 heavy (non-hydrogen) atoms. The van der Waals surface area contributed by atoms with Crippen molar-refractivity contribution in [3.05, 3.63) is 48.5 Å². The van der Waals surface area contributed by atoms with Crippen molar-refractivity contribution in [3.8, 4) is 22.6 Å². The second-order valence-corrected chi connectivity index (χ2v) is 2.95. The van der Waals surface area contributed by atoms with E-state index in [1.807, 2.05) is 0 Å². The molecule has 69 valence electrons. The average Bonchev–Trinajstić information content (AvgIpc) is 2.20. The van der Waals surface area contributed by atoms with Crippen molar-refractivity contribution in [2.75, 3.05) is 0 Å². The van der Waals surface area contributed by atoms with Gasteiger partial charge in [-0.3, -0.25) is 0 Å². The van der Waals surface area contributed by atoms with Crippen LogP contribution in [0.1, 0.15) is 0 Å². The van der Waals surface area contributed by atoms with Gasteiger partial charge in [-0.1, -0.05) is 30.3 Å². The van der Waals surface area contributed by atoms with E-state index in [-0.39, 0.29) is 11.5 Å². The monoisotopic (exact) mass is 185 g/mol. The van der Waals surface area contributed by atoms with Gasteiger partial charge in [-0.2, -0.15) is 0 Å². The Bertz CT molecular complexity index is 406. The lowest BCUT2D eigenvalue weighted by atomic mass is 10.0. The lowest BCUT2D eigenvalue weighted by molar-refractivity contribution is 0.469. The molecule has 0 unspecified atom stereocenters. The molecule has 0 aliphatic carbocycles. The Morgan fingerprint density at radius 2 is 1.57 bits per heavy atom. The number of aromatic hydroxyl groups is 2. The van der Waals surface area contributed by atoms with Crippen LogP contribution in [-0.2, 0) is 0 Å². The van der Waals surface area contributed by atoms with Gasteiger partial charge in [0.15, 0.2) is 0 Å². The molecular formula is C12H9O2. The lowest BCUT2D eigenvalue weighted by Crippen LogP contribution is -1.79. The van der Waals surface area contributed by atoms with Crippen LogP contribution in [0.3, 0.4) is 0 Å². The van der Waals surface area contributed by atoms with Crippen molar-refractivity contribution in [2.45, 2.75) is 0 Å². The minimum Gasteiger partial charge on any atom is -0.507 e. The zero-order valence-electron chi connectivity index (χ0n) is 7.44. The van der Waals surface area contributed by atoms with Crippen molar-refractivity contribution < 1.29 is 10.2 Å². The number of phenolic OH excluding ortho intramolecular Hbond substituents is 2. The molecule has 2 aromatic rings. The van der Waals surface area contributed by atoms with Gasteiger partial charge >= 0.3 is 0 Å². The van der Waals surface area contributed by atoms with Crippen LogP contribution in [0.15, 0.2) is 42.5 Å². The molecule has 0 amide bonds. The number of para-hydroxylation sites is 1. The highest BCUT2D eigenvalue weighted by Crippen LogP contribution is 2.33. The predicted octanol–water partition coefficient (Wildman–Crippen LogP) is 2.56. The lowest BCUT2D eigenvalue weighted by Gasteiger charge is -2.05. The summed E-state index contributed by atoms with van der Waals surface area (Å²) < 4.78 is 0. The predicted molar refractivity (Wildman–Crippen MR) is 54.0 cm³/mol. The summed E-state index contributed by atoms with van der Waals surface area (Å²) in [5.41, 5.74) is 1.11. The highest BCUT2D eigenvalue weighted by molar-refractivity contribution is 5.74. The smallest absolute Gasteiger partial charge is 0.124 e. The molecular weight excluding hydrogens is 176 g/mol. The van der Waals surface area contributed by atoms with Gasteiger partial charge in [-0.15, -0.1) is 0 Å². The molecule has 2 nitrogen and oxygen atoms in total. The molecule has 0 spiro atoms. The maximum Gasteiger partial charge on any atom is 0.124 e. The van der Waals surface area contributed by atoms with Crippen molar-refractivity contribution in [1.29, 1.82) is 0 Å². The van der Waals surface area contributed by atoms with Gasteiger partial charge in [0.25, 0.3) is 0 Å². The zero-order valence-corrected chi connectivity index (χ0v) is 7.44. The second kappa shape index (κ2) is 3.42. The van der Waals surface area contributed by atoms with E-state index in [2.05, 4.69) is 6.07 Å². The van der Waals surface area contributed by atoms with E-state index in [0.29, 0.717) is 11.1 Å². The molecule has 2 N–H and O–H groups in total. The van der Waals surface area contributed by atoms with E-state index in [4.69, 9.17) is 0 Å². The van der Waals surface area contributed by atoms with Crippen LogP contribution in [0.5, 0.6) is 11.5 Å². The van der Waals surface area contributed by atoms with Crippen LogP contribution in [0.4, 0.5) is 0 Å². The quantitative estimate of drug-likeness (QED) is 0.716. The maximum atomic E-state index is 9.56. The van der Waals surface area contributed by atoms with E-state index in [1.54, 1.807) is 42.5 Å². The van der Waals surface area contributed by atoms with Crippen LogP contribution >= 0.6 is 0 Å². The summed E-state index contributed by atoms with van der Waals surface area (Å²) >= 11 is 0. The molecule has 0 bridgehead atoms. The van der Waals surface area contributed by atoms with E-state index in [1.165, 1.54) is 0 Å². The average molecular weight is 185 g/mol. The molecule has 0 saturated heterocycles. The molecule has 2 heteroatoms. The summed E-state index contributed by atoms with van der Waals surface area (Å²) in [6.07, 6.45) is 0. The third-order valence-electron chi connectivity index (χ3n) is 2.01. The standard InChI is InChI=1S/C12H9O2/c13-11-7-3-1-5-9(11)10-6-2-4-8-12(10)14/h1-5,7-8,13-14H. The Morgan fingerprint density at radius 3 is 2.29 bits per heavy atom. The number of hydrogen-bond donors (Lipinski definition) is 2. The van der Waals surface area contributed by atoms with Gasteiger partial charge in [-0.25, -0.2) is 0 Å². The maximum absolute atomic E-state index is 9.56. The van der Waals surface area contributed by atoms with Crippen molar-refractivity contribution >= 4 is 0 Å². The largest absolute Gasteiger partial charge is 0.507 e. The summed E-state index contributed by atoms with van der Waals surface area (Å²) in [5, 5.41) is 19.1. The van der Waals surface area contributed by atoms with Crippen LogP contribution < -0.4 is 0 Å². The third kappa shape index (κ3) is 1.42. The summed E-state index contributed by atoms with van der Waals surface area (Å²) in [6.45, 7) is 0. The van der Waals surface area contributed by atoms with E-state index in [0.717, 1.165) is 0 Å². The topological polar surface area (TPSA) is 40.5 Å². The van der Waals surface area contributed by atoms with Crippen molar-refractivity contribution in [2.24, 2.45) is 0 Å². The van der Waals surface area contributed by atoms with E-state index < -0.39 is 0 Å². The van der Waals surface area contributed by atoms with Crippen LogP contribution in [0.25, 0.3) is 11.1 Å². The summed E-state index contributed by atoms with van der Waals surface area (Å²) in [6, 6.07) is 14.7. The first-order valence-electron chi connectivity index (χ1n) is 4.27. The van der Waals surface area contributed by atoms with Crippen LogP contribution in [0.2, 0.25) is 0 Å². The molecule has 0 aromatic heterocycles. The first kappa shape index (κ1) is 8.63. The number of benzene rings is 2. The second-order valence-electron chi connectivity index (χ2n) is 2.95. The van der Waals surface area contributed by atoms with Gasteiger partial charge in [-0.05, 0) is 18.2 Å². The molecule has 0 aliphatic rings. The third-order valence-corrected chi connectivity index (χ3v) is 2.01. The van der Waals surface area contributed by atoms with Gasteiger partial charge < -0.3 is 10.2 Å².